The van der Waals surface area contributed by atoms with Gasteiger partial charge in [-0.15, -0.1) is 0 Å². The molecule has 0 aliphatic rings. The Morgan fingerprint density at radius 3 is 2.28 bits per heavy atom. The molecule has 0 amide bonds. The fourth-order valence-electron chi connectivity index (χ4n) is 1.41. The first-order chi connectivity index (χ1) is 8.43. The molecule has 0 spiro atoms. The van der Waals surface area contributed by atoms with Crippen molar-refractivity contribution in [3.63, 3.8) is 0 Å². The molecule has 0 bridgehead atoms. The van der Waals surface area contributed by atoms with Crippen molar-refractivity contribution in [2.75, 3.05) is 25.9 Å². The maximum Gasteiger partial charge on any atom is 0.212 e. The first-order valence-corrected chi connectivity index (χ1v) is 7.15. The molecule has 0 aliphatic heterocycles. The van der Waals surface area contributed by atoms with Gasteiger partial charge in [0.25, 0.3) is 0 Å². The summed E-state index contributed by atoms with van der Waals surface area (Å²) in [5, 5.41) is 2.73. The average molecular weight is 278 g/mol. The van der Waals surface area contributed by atoms with Gasteiger partial charge in [0.1, 0.15) is 11.6 Å². The van der Waals surface area contributed by atoms with E-state index in [4.69, 9.17) is 0 Å². The number of sulfonamides is 1. The molecular weight excluding hydrogens is 262 g/mol. The lowest BCUT2D eigenvalue weighted by Gasteiger charge is -2.06. The zero-order valence-electron chi connectivity index (χ0n) is 10.0. The number of halogens is 2. The van der Waals surface area contributed by atoms with E-state index < -0.39 is 21.7 Å². The summed E-state index contributed by atoms with van der Waals surface area (Å²) < 4.78 is 50.9. The Morgan fingerprint density at radius 1 is 1.11 bits per heavy atom. The molecule has 1 aromatic carbocycles. The normalized spacial score (nSPS) is 11.7. The molecule has 1 rings (SSSR count). The van der Waals surface area contributed by atoms with E-state index in [0.717, 1.165) is 6.07 Å². The van der Waals surface area contributed by atoms with Gasteiger partial charge in [0.15, 0.2) is 0 Å². The Hall–Kier alpha value is -1.05. The standard InChI is InChI=1S/C11H16F2N2O2S/c1-14-4-5-18(16,17)15-3-2-9-6-10(12)8-11(13)7-9/h6-8,14-15H,2-5H2,1H3. The number of hydrogen-bond acceptors (Lipinski definition) is 3. The quantitative estimate of drug-likeness (QED) is 0.770. The van der Waals surface area contributed by atoms with Crippen LogP contribution in [0.4, 0.5) is 8.78 Å². The van der Waals surface area contributed by atoms with Crippen molar-refractivity contribution in [1.82, 2.24) is 10.0 Å². The Balaban J connectivity index is 2.46. The molecule has 2 N–H and O–H groups in total. The third-order valence-electron chi connectivity index (χ3n) is 2.28. The third-order valence-corrected chi connectivity index (χ3v) is 3.66. The molecule has 0 radical (unpaired) electrons. The van der Waals surface area contributed by atoms with Gasteiger partial charge >= 0.3 is 0 Å². The van der Waals surface area contributed by atoms with Crippen LogP contribution in [0.2, 0.25) is 0 Å². The fraction of sp³-hybridized carbons (Fsp3) is 0.455. The molecule has 0 saturated carbocycles. The highest BCUT2D eigenvalue weighted by molar-refractivity contribution is 7.89. The van der Waals surface area contributed by atoms with Crippen molar-refractivity contribution in [1.29, 1.82) is 0 Å². The number of benzene rings is 1. The monoisotopic (exact) mass is 278 g/mol. The summed E-state index contributed by atoms with van der Waals surface area (Å²) in [6, 6.07) is 3.15. The second kappa shape index (κ2) is 6.77. The predicted molar refractivity (Wildman–Crippen MR) is 65.8 cm³/mol. The summed E-state index contributed by atoms with van der Waals surface area (Å²) in [5.41, 5.74) is 0.420. The molecule has 0 saturated heterocycles. The Bertz CT molecular complexity index is 472. The van der Waals surface area contributed by atoms with Crippen LogP contribution in [0, 0.1) is 11.6 Å². The zero-order chi connectivity index (χ0) is 13.6. The van der Waals surface area contributed by atoms with Crippen molar-refractivity contribution in [3.8, 4) is 0 Å². The van der Waals surface area contributed by atoms with E-state index in [-0.39, 0.29) is 18.7 Å². The molecule has 0 aromatic heterocycles. The van der Waals surface area contributed by atoms with E-state index in [1.807, 2.05) is 0 Å². The van der Waals surface area contributed by atoms with Crippen LogP contribution in [0.1, 0.15) is 5.56 Å². The summed E-state index contributed by atoms with van der Waals surface area (Å²) in [6.45, 7) is 0.471. The van der Waals surface area contributed by atoms with Crippen molar-refractivity contribution in [2.45, 2.75) is 6.42 Å². The molecule has 0 heterocycles. The van der Waals surface area contributed by atoms with Crippen LogP contribution in [0.5, 0.6) is 0 Å². The summed E-state index contributed by atoms with van der Waals surface area (Å²) in [5.74, 6) is -1.35. The minimum absolute atomic E-state index is 0.0268. The second-order valence-corrected chi connectivity index (χ2v) is 5.77. The summed E-state index contributed by atoms with van der Waals surface area (Å²) in [7, 11) is -1.68. The maximum atomic E-state index is 12.9. The lowest BCUT2D eigenvalue weighted by atomic mass is 10.1. The number of rotatable bonds is 7. The van der Waals surface area contributed by atoms with Gasteiger partial charge in [0, 0.05) is 19.2 Å². The van der Waals surface area contributed by atoms with Gasteiger partial charge in [-0.3, -0.25) is 0 Å². The Morgan fingerprint density at radius 2 is 1.72 bits per heavy atom. The van der Waals surface area contributed by atoms with Crippen LogP contribution in [0.25, 0.3) is 0 Å². The van der Waals surface area contributed by atoms with Gasteiger partial charge in [-0.2, -0.15) is 0 Å². The largest absolute Gasteiger partial charge is 0.319 e. The minimum Gasteiger partial charge on any atom is -0.319 e. The molecule has 0 unspecified atom stereocenters. The molecule has 102 valence electrons. The zero-order valence-corrected chi connectivity index (χ0v) is 10.9. The highest BCUT2D eigenvalue weighted by Gasteiger charge is 2.08. The van der Waals surface area contributed by atoms with Crippen LogP contribution in [-0.4, -0.2) is 34.3 Å². The van der Waals surface area contributed by atoms with Gasteiger partial charge < -0.3 is 5.32 Å². The highest BCUT2D eigenvalue weighted by atomic mass is 32.2. The molecule has 0 fully saturated rings. The van der Waals surface area contributed by atoms with Gasteiger partial charge in [-0.05, 0) is 31.2 Å². The van der Waals surface area contributed by atoms with Gasteiger partial charge in [0.05, 0.1) is 5.75 Å². The van der Waals surface area contributed by atoms with Crippen LogP contribution >= 0.6 is 0 Å². The van der Waals surface area contributed by atoms with E-state index in [0.29, 0.717) is 12.1 Å². The minimum atomic E-state index is -3.33. The maximum absolute atomic E-state index is 12.9. The SMILES string of the molecule is CNCCS(=O)(=O)NCCc1cc(F)cc(F)c1. The molecule has 1 aromatic rings. The van der Waals surface area contributed by atoms with Crippen LogP contribution < -0.4 is 10.0 Å². The van der Waals surface area contributed by atoms with E-state index in [1.54, 1.807) is 7.05 Å². The number of nitrogens with one attached hydrogen (secondary N) is 2. The second-order valence-electron chi connectivity index (χ2n) is 3.84. The van der Waals surface area contributed by atoms with Crippen molar-refractivity contribution < 1.29 is 17.2 Å². The lowest BCUT2D eigenvalue weighted by molar-refractivity contribution is 0.575. The summed E-state index contributed by atoms with van der Waals surface area (Å²) in [6.07, 6.45) is 0.244. The molecule has 7 heteroatoms. The summed E-state index contributed by atoms with van der Waals surface area (Å²) in [4.78, 5) is 0. The van der Waals surface area contributed by atoms with Gasteiger partial charge in [-0.25, -0.2) is 21.9 Å². The topological polar surface area (TPSA) is 58.2 Å². The summed E-state index contributed by atoms with van der Waals surface area (Å²) >= 11 is 0. The number of hydrogen-bond donors (Lipinski definition) is 2. The van der Waals surface area contributed by atoms with Gasteiger partial charge in [0.2, 0.25) is 10.0 Å². The van der Waals surface area contributed by atoms with E-state index in [2.05, 4.69) is 10.0 Å². The smallest absolute Gasteiger partial charge is 0.212 e. The molecule has 18 heavy (non-hydrogen) atoms. The van der Waals surface area contributed by atoms with Crippen LogP contribution in [-0.2, 0) is 16.4 Å². The molecule has 4 nitrogen and oxygen atoms in total. The molecular formula is C11H16F2N2O2S. The predicted octanol–water partition coefficient (Wildman–Crippen LogP) is 0.646. The average Bonchev–Trinajstić information content (AvgIpc) is 2.25. The first kappa shape index (κ1) is 15.0. The molecule has 0 aliphatic carbocycles. The van der Waals surface area contributed by atoms with Gasteiger partial charge in [-0.1, -0.05) is 0 Å². The van der Waals surface area contributed by atoms with E-state index in [9.17, 15) is 17.2 Å². The Labute approximate surface area is 105 Å². The van der Waals surface area contributed by atoms with E-state index in [1.165, 1.54) is 12.1 Å². The third kappa shape index (κ3) is 5.52. The fourth-order valence-corrected chi connectivity index (χ4v) is 2.45. The van der Waals surface area contributed by atoms with Crippen molar-refractivity contribution >= 4 is 10.0 Å². The highest BCUT2D eigenvalue weighted by Crippen LogP contribution is 2.08. The van der Waals surface area contributed by atoms with E-state index >= 15 is 0 Å². The lowest BCUT2D eigenvalue weighted by Crippen LogP contribution is -2.32. The van der Waals surface area contributed by atoms with Crippen molar-refractivity contribution in [2.24, 2.45) is 0 Å². The van der Waals surface area contributed by atoms with Crippen LogP contribution in [0.15, 0.2) is 18.2 Å². The first-order valence-electron chi connectivity index (χ1n) is 5.50. The molecule has 0 atom stereocenters. The van der Waals surface area contributed by atoms with Crippen molar-refractivity contribution in [3.05, 3.63) is 35.4 Å². The van der Waals surface area contributed by atoms with Crippen LogP contribution in [0.3, 0.4) is 0 Å². The Kier molecular flexibility index (Phi) is 5.64.